The number of rotatable bonds is 3. The fraction of sp³-hybridized carbons (Fsp3) is 0.667. The molecule has 0 spiro atoms. The highest BCUT2D eigenvalue weighted by molar-refractivity contribution is 5.78. The van der Waals surface area contributed by atoms with Gasteiger partial charge in [0.15, 0.2) is 0 Å². The molecule has 7 heteroatoms. The van der Waals surface area contributed by atoms with Gasteiger partial charge in [-0.3, -0.25) is 9.69 Å². The van der Waals surface area contributed by atoms with Crippen LogP contribution in [0.4, 0.5) is 13.2 Å². The van der Waals surface area contributed by atoms with E-state index in [1.807, 2.05) is 4.90 Å². The van der Waals surface area contributed by atoms with Gasteiger partial charge in [0.05, 0.1) is 11.1 Å². The Labute approximate surface area is 163 Å². The molecule has 3 saturated heterocycles. The normalized spacial score (nSPS) is 29.9. The number of likely N-dealkylation sites (tertiary alicyclic amines) is 2. The number of amides is 1. The van der Waals surface area contributed by atoms with Crippen molar-refractivity contribution in [3.63, 3.8) is 0 Å². The number of benzene rings is 1. The van der Waals surface area contributed by atoms with E-state index >= 15 is 0 Å². The predicted molar refractivity (Wildman–Crippen MR) is 98.6 cm³/mol. The summed E-state index contributed by atoms with van der Waals surface area (Å²) < 4.78 is 44.0. The van der Waals surface area contributed by atoms with E-state index in [0.717, 1.165) is 63.1 Å². The summed E-state index contributed by atoms with van der Waals surface area (Å²) in [6.45, 7) is 5.06. The van der Waals surface area contributed by atoms with E-state index in [2.05, 4.69) is 11.8 Å². The first-order chi connectivity index (χ1) is 13.3. The van der Waals surface area contributed by atoms with Crippen LogP contribution in [-0.2, 0) is 22.3 Å². The Kier molecular flexibility index (Phi) is 5.16. The number of carbonyl (C=O) groups is 1. The molecule has 3 heterocycles. The molecule has 0 bridgehead atoms. The SMILES string of the molecule is C[C@]12CCN(C3CCOCC3)[C@H]1CCC(=O)N2Cc1ccc(C(F)(F)F)cc1. The lowest BCUT2D eigenvalue weighted by Crippen LogP contribution is -2.61. The quantitative estimate of drug-likeness (QED) is 0.778. The zero-order chi connectivity index (χ0) is 19.9. The van der Waals surface area contributed by atoms with Gasteiger partial charge in [0.1, 0.15) is 0 Å². The third-order valence-corrected chi connectivity index (χ3v) is 6.83. The number of ether oxygens (including phenoxy) is 1. The molecule has 3 aliphatic rings. The Hall–Kier alpha value is -1.60. The minimum atomic E-state index is -4.34. The lowest BCUT2D eigenvalue weighted by Gasteiger charge is -2.49. The largest absolute Gasteiger partial charge is 0.416 e. The number of fused-ring (bicyclic) bond motifs is 1. The second-order valence-electron chi connectivity index (χ2n) is 8.42. The first-order valence-corrected chi connectivity index (χ1v) is 10.1. The van der Waals surface area contributed by atoms with Crippen LogP contribution in [0.25, 0.3) is 0 Å². The number of alkyl halides is 3. The van der Waals surface area contributed by atoms with E-state index in [1.54, 1.807) is 0 Å². The van der Waals surface area contributed by atoms with Crippen molar-refractivity contribution in [2.45, 2.75) is 69.4 Å². The van der Waals surface area contributed by atoms with Crippen LogP contribution in [0.2, 0.25) is 0 Å². The van der Waals surface area contributed by atoms with E-state index < -0.39 is 11.7 Å². The molecule has 154 valence electrons. The van der Waals surface area contributed by atoms with Gasteiger partial charge in [0.2, 0.25) is 5.91 Å². The average Bonchev–Trinajstić information content (AvgIpc) is 3.02. The van der Waals surface area contributed by atoms with Crippen LogP contribution in [-0.4, -0.2) is 53.1 Å². The van der Waals surface area contributed by atoms with Crippen LogP contribution in [0.1, 0.15) is 50.2 Å². The van der Waals surface area contributed by atoms with Gasteiger partial charge in [0, 0.05) is 44.8 Å². The van der Waals surface area contributed by atoms with Gasteiger partial charge in [0.25, 0.3) is 0 Å². The molecular weight excluding hydrogens is 369 g/mol. The fourth-order valence-corrected chi connectivity index (χ4v) is 5.21. The predicted octanol–water partition coefficient (Wildman–Crippen LogP) is 3.84. The first kappa shape index (κ1) is 19.7. The lowest BCUT2D eigenvalue weighted by atomic mass is 9.82. The maximum absolute atomic E-state index is 12.8. The zero-order valence-corrected chi connectivity index (χ0v) is 16.2. The minimum Gasteiger partial charge on any atom is -0.381 e. The smallest absolute Gasteiger partial charge is 0.381 e. The third-order valence-electron chi connectivity index (χ3n) is 6.83. The zero-order valence-electron chi connectivity index (χ0n) is 16.2. The summed E-state index contributed by atoms with van der Waals surface area (Å²) in [5.74, 6) is 0.104. The van der Waals surface area contributed by atoms with Crippen LogP contribution in [0, 0.1) is 0 Å². The molecule has 1 aromatic rings. The van der Waals surface area contributed by atoms with Crippen LogP contribution in [0.5, 0.6) is 0 Å². The summed E-state index contributed by atoms with van der Waals surface area (Å²) in [5, 5.41) is 0. The van der Waals surface area contributed by atoms with Gasteiger partial charge >= 0.3 is 6.18 Å². The monoisotopic (exact) mass is 396 g/mol. The number of carbonyl (C=O) groups excluding carboxylic acids is 1. The summed E-state index contributed by atoms with van der Waals surface area (Å²) in [6, 6.07) is 6.01. The Balaban J connectivity index is 1.52. The van der Waals surface area contributed by atoms with Gasteiger partial charge in [-0.15, -0.1) is 0 Å². The topological polar surface area (TPSA) is 32.8 Å². The molecule has 0 radical (unpaired) electrons. The Morgan fingerprint density at radius 2 is 1.82 bits per heavy atom. The van der Waals surface area contributed by atoms with E-state index in [4.69, 9.17) is 4.74 Å². The molecule has 28 heavy (non-hydrogen) atoms. The molecule has 0 aromatic heterocycles. The van der Waals surface area contributed by atoms with E-state index in [9.17, 15) is 18.0 Å². The Morgan fingerprint density at radius 1 is 1.14 bits per heavy atom. The van der Waals surface area contributed by atoms with Crippen molar-refractivity contribution in [1.29, 1.82) is 0 Å². The molecule has 0 N–H and O–H groups in total. The first-order valence-electron chi connectivity index (χ1n) is 10.1. The summed E-state index contributed by atoms with van der Waals surface area (Å²) in [6.07, 6.45) is -0.0245. The molecule has 4 nitrogen and oxygen atoms in total. The molecule has 0 saturated carbocycles. The number of halogens is 3. The Morgan fingerprint density at radius 3 is 2.46 bits per heavy atom. The maximum Gasteiger partial charge on any atom is 0.416 e. The van der Waals surface area contributed by atoms with Gasteiger partial charge in [-0.1, -0.05) is 12.1 Å². The van der Waals surface area contributed by atoms with E-state index in [1.165, 1.54) is 12.1 Å². The maximum atomic E-state index is 12.8. The van der Waals surface area contributed by atoms with Crippen molar-refractivity contribution in [3.8, 4) is 0 Å². The highest BCUT2D eigenvalue weighted by Gasteiger charge is 2.53. The Bertz CT molecular complexity index is 715. The highest BCUT2D eigenvalue weighted by atomic mass is 19.4. The molecule has 4 rings (SSSR count). The minimum absolute atomic E-state index is 0.104. The van der Waals surface area contributed by atoms with Crippen molar-refractivity contribution in [3.05, 3.63) is 35.4 Å². The van der Waals surface area contributed by atoms with Gasteiger partial charge < -0.3 is 9.64 Å². The standard InChI is InChI=1S/C21H27F3N2O2/c1-20-10-11-25(17-8-12-28-13-9-17)18(20)6-7-19(27)26(20)14-15-2-4-16(5-3-15)21(22,23)24/h2-5,17-18H,6-14H2,1H3/t18-,20-/m0/s1. The molecule has 0 aliphatic carbocycles. The van der Waals surface area contributed by atoms with Crippen molar-refractivity contribution in [2.24, 2.45) is 0 Å². The number of nitrogens with zero attached hydrogens (tertiary/aromatic N) is 2. The molecule has 3 fully saturated rings. The van der Waals surface area contributed by atoms with Gasteiger partial charge in [-0.25, -0.2) is 0 Å². The van der Waals surface area contributed by atoms with Gasteiger partial charge in [-0.2, -0.15) is 13.2 Å². The number of hydrogen-bond donors (Lipinski definition) is 0. The second kappa shape index (κ2) is 7.34. The van der Waals surface area contributed by atoms with Crippen LogP contribution >= 0.6 is 0 Å². The summed E-state index contributed by atoms with van der Waals surface area (Å²) in [5.41, 5.74) is -0.180. The lowest BCUT2D eigenvalue weighted by molar-refractivity contribution is -0.145. The van der Waals surface area contributed by atoms with Crippen LogP contribution < -0.4 is 0 Å². The summed E-state index contributed by atoms with van der Waals surface area (Å²) in [4.78, 5) is 17.2. The molecule has 1 aromatic carbocycles. The molecule has 2 atom stereocenters. The van der Waals surface area contributed by atoms with Crippen LogP contribution in [0.15, 0.2) is 24.3 Å². The average molecular weight is 396 g/mol. The second-order valence-corrected chi connectivity index (χ2v) is 8.42. The summed E-state index contributed by atoms with van der Waals surface area (Å²) in [7, 11) is 0. The fourth-order valence-electron chi connectivity index (χ4n) is 5.21. The van der Waals surface area contributed by atoms with Crippen molar-refractivity contribution in [1.82, 2.24) is 9.80 Å². The van der Waals surface area contributed by atoms with Crippen molar-refractivity contribution >= 4 is 5.91 Å². The van der Waals surface area contributed by atoms with E-state index in [0.29, 0.717) is 25.0 Å². The van der Waals surface area contributed by atoms with Crippen molar-refractivity contribution < 1.29 is 22.7 Å². The molecule has 3 aliphatic heterocycles. The van der Waals surface area contributed by atoms with Crippen LogP contribution in [0.3, 0.4) is 0 Å². The highest BCUT2D eigenvalue weighted by Crippen LogP contribution is 2.43. The molecule has 0 unspecified atom stereocenters. The molecular formula is C21H27F3N2O2. The third kappa shape index (κ3) is 3.54. The number of hydrogen-bond acceptors (Lipinski definition) is 3. The summed E-state index contributed by atoms with van der Waals surface area (Å²) >= 11 is 0. The van der Waals surface area contributed by atoms with Gasteiger partial charge in [-0.05, 0) is 50.3 Å². The molecule has 1 amide bonds. The number of piperidine rings is 1. The van der Waals surface area contributed by atoms with Crippen molar-refractivity contribution in [2.75, 3.05) is 19.8 Å². The van der Waals surface area contributed by atoms with E-state index in [-0.39, 0.29) is 11.4 Å².